The molecule has 0 aliphatic rings. The lowest BCUT2D eigenvalue weighted by Gasteiger charge is -2.07. The molecule has 0 aliphatic heterocycles. The summed E-state index contributed by atoms with van der Waals surface area (Å²) in [6.45, 7) is 0. The van der Waals surface area contributed by atoms with Crippen LogP contribution in [0.5, 0.6) is 0 Å². The van der Waals surface area contributed by atoms with Crippen LogP contribution in [0.25, 0.3) is 11.1 Å². The monoisotopic (exact) mass is 269 g/mol. The van der Waals surface area contributed by atoms with Gasteiger partial charge in [0.25, 0.3) is 0 Å². The van der Waals surface area contributed by atoms with Crippen LogP contribution in [0.1, 0.15) is 10.4 Å². The van der Waals surface area contributed by atoms with Crippen molar-refractivity contribution in [3.63, 3.8) is 0 Å². The van der Waals surface area contributed by atoms with Gasteiger partial charge in [0.15, 0.2) is 6.29 Å². The SMILES string of the molecule is O=Cc1cc(F)ncc1-c1ccc(Cl)cc1Cl. The third-order valence-electron chi connectivity index (χ3n) is 2.25. The van der Waals surface area contributed by atoms with Gasteiger partial charge in [-0.25, -0.2) is 4.98 Å². The Morgan fingerprint density at radius 3 is 2.59 bits per heavy atom. The lowest BCUT2D eigenvalue weighted by Crippen LogP contribution is -1.93. The molecule has 1 aromatic carbocycles. The van der Waals surface area contributed by atoms with E-state index in [0.29, 0.717) is 27.5 Å². The van der Waals surface area contributed by atoms with E-state index in [2.05, 4.69) is 4.98 Å². The molecular weight excluding hydrogens is 264 g/mol. The minimum absolute atomic E-state index is 0.196. The first-order chi connectivity index (χ1) is 8.11. The van der Waals surface area contributed by atoms with E-state index in [-0.39, 0.29) is 5.56 Å². The van der Waals surface area contributed by atoms with Crippen LogP contribution in [-0.2, 0) is 0 Å². The molecule has 0 amide bonds. The van der Waals surface area contributed by atoms with Crippen LogP contribution in [0.15, 0.2) is 30.5 Å². The van der Waals surface area contributed by atoms with E-state index in [9.17, 15) is 9.18 Å². The molecule has 0 unspecified atom stereocenters. The largest absolute Gasteiger partial charge is 0.298 e. The predicted molar refractivity (Wildman–Crippen MR) is 65.0 cm³/mol. The van der Waals surface area contributed by atoms with Gasteiger partial charge in [-0.1, -0.05) is 29.3 Å². The molecule has 86 valence electrons. The molecule has 17 heavy (non-hydrogen) atoms. The fourth-order valence-electron chi connectivity index (χ4n) is 1.47. The van der Waals surface area contributed by atoms with Gasteiger partial charge in [0.05, 0.1) is 0 Å². The first-order valence-corrected chi connectivity index (χ1v) is 5.43. The molecule has 0 atom stereocenters. The summed E-state index contributed by atoms with van der Waals surface area (Å²) in [4.78, 5) is 14.4. The van der Waals surface area contributed by atoms with Crippen molar-refractivity contribution < 1.29 is 9.18 Å². The summed E-state index contributed by atoms with van der Waals surface area (Å²) in [5.41, 5.74) is 1.26. The fraction of sp³-hybridized carbons (Fsp3) is 0. The third kappa shape index (κ3) is 2.46. The second kappa shape index (κ2) is 4.82. The zero-order valence-corrected chi connectivity index (χ0v) is 9.97. The van der Waals surface area contributed by atoms with Gasteiger partial charge >= 0.3 is 0 Å². The Bertz CT molecular complexity index is 587. The number of carbonyl (C=O) groups is 1. The summed E-state index contributed by atoms with van der Waals surface area (Å²) in [6.07, 6.45) is 1.83. The smallest absolute Gasteiger partial charge is 0.213 e. The van der Waals surface area contributed by atoms with Crippen molar-refractivity contribution in [2.24, 2.45) is 0 Å². The topological polar surface area (TPSA) is 30.0 Å². The van der Waals surface area contributed by atoms with E-state index in [0.717, 1.165) is 6.07 Å². The quantitative estimate of drug-likeness (QED) is 0.609. The predicted octanol–water partition coefficient (Wildman–Crippen LogP) is 4.01. The zero-order valence-electron chi connectivity index (χ0n) is 8.45. The van der Waals surface area contributed by atoms with Crippen molar-refractivity contribution in [2.45, 2.75) is 0 Å². The number of halogens is 3. The summed E-state index contributed by atoms with van der Waals surface area (Å²) < 4.78 is 12.9. The van der Waals surface area contributed by atoms with Crippen LogP contribution >= 0.6 is 23.2 Å². The van der Waals surface area contributed by atoms with Gasteiger partial charge in [0.1, 0.15) is 0 Å². The van der Waals surface area contributed by atoms with Crippen LogP contribution in [0.4, 0.5) is 4.39 Å². The first-order valence-electron chi connectivity index (χ1n) is 4.68. The number of aromatic nitrogens is 1. The molecule has 0 radical (unpaired) electrons. The molecular formula is C12H6Cl2FNO. The second-order valence-electron chi connectivity index (χ2n) is 3.34. The third-order valence-corrected chi connectivity index (χ3v) is 2.80. The number of carbonyl (C=O) groups excluding carboxylic acids is 1. The minimum atomic E-state index is -0.707. The van der Waals surface area contributed by atoms with Crippen LogP contribution in [0.3, 0.4) is 0 Å². The maximum absolute atomic E-state index is 12.9. The molecule has 0 fully saturated rings. The van der Waals surface area contributed by atoms with Crippen molar-refractivity contribution in [3.05, 3.63) is 52.0 Å². The van der Waals surface area contributed by atoms with Gasteiger partial charge in [-0.05, 0) is 12.1 Å². The fourth-order valence-corrected chi connectivity index (χ4v) is 1.98. The number of aldehydes is 1. The molecule has 0 spiro atoms. The summed E-state index contributed by atoms with van der Waals surface area (Å²) in [7, 11) is 0. The molecule has 0 bridgehead atoms. The normalized spacial score (nSPS) is 10.3. The highest BCUT2D eigenvalue weighted by Crippen LogP contribution is 2.31. The van der Waals surface area contributed by atoms with Crippen LogP contribution in [0.2, 0.25) is 10.0 Å². The van der Waals surface area contributed by atoms with E-state index in [1.807, 2.05) is 0 Å². The second-order valence-corrected chi connectivity index (χ2v) is 4.18. The van der Waals surface area contributed by atoms with Crippen molar-refractivity contribution in [3.8, 4) is 11.1 Å². The van der Waals surface area contributed by atoms with Crippen molar-refractivity contribution in [2.75, 3.05) is 0 Å². The van der Waals surface area contributed by atoms with Crippen molar-refractivity contribution >= 4 is 29.5 Å². The average Bonchev–Trinajstić information content (AvgIpc) is 2.30. The summed E-state index contributed by atoms with van der Waals surface area (Å²) >= 11 is 11.8. The van der Waals surface area contributed by atoms with Gasteiger partial charge in [0, 0.05) is 39.0 Å². The lowest BCUT2D eigenvalue weighted by molar-refractivity contribution is 0.112. The van der Waals surface area contributed by atoms with Crippen LogP contribution in [0, 0.1) is 5.95 Å². The molecule has 1 aromatic heterocycles. The summed E-state index contributed by atoms with van der Waals surface area (Å²) in [6, 6.07) is 5.91. The Kier molecular flexibility index (Phi) is 3.41. The molecule has 1 heterocycles. The van der Waals surface area contributed by atoms with Crippen molar-refractivity contribution in [1.29, 1.82) is 0 Å². The van der Waals surface area contributed by atoms with Crippen LogP contribution in [-0.4, -0.2) is 11.3 Å². The summed E-state index contributed by atoms with van der Waals surface area (Å²) in [5.74, 6) is -0.707. The highest BCUT2D eigenvalue weighted by atomic mass is 35.5. The average molecular weight is 270 g/mol. The van der Waals surface area contributed by atoms with E-state index in [1.54, 1.807) is 18.2 Å². The van der Waals surface area contributed by atoms with E-state index in [4.69, 9.17) is 23.2 Å². The molecule has 5 heteroatoms. The zero-order chi connectivity index (χ0) is 12.4. The van der Waals surface area contributed by atoms with Crippen LogP contribution < -0.4 is 0 Å². The Hall–Kier alpha value is -1.45. The molecule has 2 aromatic rings. The van der Waals surface area contributed by atoms with Gasteiger partial charge in [-0.15, -0.1) is 0 Å². The number of hydrogen-bond donors (Lipinski definition) is 0. The van der Waals surface area contributed by atoms with E-state index in [1.165, 1.54) is 6.20 Å². The standard InChI is InChI=1S/C12H6Cl2FNO/c13-8-1-2-9(11(14)4-8)10-5-16-12(15)3-7(10)6-17/h1-6H. The number of hydrogen-bond acceptors (Lipinski definition) is 2. The molecule has 0 aliphatic carbocycles. The number of rotatable bonds is 2. The minimum Gasteiger partial charge on any atom is -0.298 e. The number of pyridine rings is 1. The first kappa shape index (κ1) is 12.0. The van der Waals surface area contributed by atoms with Gasteiger partial charge in [-0.2, -0.15) is 4.39 Å². The summed E-state index contributed by atoms with van der Waals surface area (Å²) in [5, 5.41) is 0.871. The highest BCUT2D eigenvalue weighted by Gasteiger charge is 2.10. The number of nitrogens with zero attached hydrogens (tertiary/aromatic N) is 1. The maximum atomic E-state index is 12.9. The number of benzene rings is 1. The Labute approximate surface area is 107 Å². The highest BCUT2D eigenvalue weighted by molar-refractivity contribution is 6.36. The molecule has 0 N–H and O–H groups in total. The molecule has 2 nitrogen and oxygen atoms in total. The molecule has 0 saturated carbocycles. The maximum Gasteiger partial charge on any atom is 0.213 e. The Balaban J connectivity index is 2.63. The van der Waals surface area contributed by atoms with E-state index >= 15 is 0 Å². The van der Waals surface area contributed by atoms with Gasteiger partial charge in [0.2, 0.25) is 5.95 Å². The Morgan fingerprint density at radius 1 is 1.18 bits per heavy atom. The van der Waals surface area contributed by atoms with Gasteiger partial charge in [-0.3, -0.25) is 4.79 Å². The Morgan fingerprint density at radius 2 is 1.94 bits per heavy atom. The molecule has 2 rings (SSSR count). The van der Waals surface area contributed by atoms with E-state index < -0.39 is 5.95 Å². The molecule has 0 saturated heterocycles. The van der Waals surface area contributed by atoms with Gasteiger partial charge < -0.3 is 0 Å². The lowest BCUT2D eigenvalue weighted by atomic mass is 10.0. The van der Waals surface area contributed by atoms with Crippen molar-refractivity contribution in [1.82, 2.24) is 4.98 Å².